The molecule has 0 atom stereocenters. The van der Waals surface area contributed by atoms with Crippen LogP contribution in [0.4, 0.5) is 0 Å². The Morgan fingerprint density at radius 3 is 2.22 bits per heavy atom. The number of carbonyl (C=O) groups excluding carboxylic acids is 3. The summed E-state index contributed by atoms with van der Waals surface area (Å²) in [5.74, 6) is -0.997. The standard InChI is InChI=1S/C18H14N6O3/c25-16(11-23-17(26)13-8-4-5-9-14(13)18(23)27)19-10-15-20-21-22-24(15)12-6-2-1-3-7-12/h1-9H,10-11H2,(H,19,25). The van der Waals surface area contributed by atoms with Crippen LogP contribution in [0.5, 0.6) is 0 Å². The molecule has 9 heteroatoms. The summed E-state index contributed by atoms with van der Waals surface area (Å²) in [5, 5.41) is 14.1. The molecule has 2 heterocycles. The van der Waals surface area contributed by atoms with Gasteiger partial charge in [-0.2, -0.15) is 4.68 Å². The summed E-state index contributed by atoms with van der Waals surface area (Å²) < 4.78 is 1.50. The van der Waals surface area contributed by atoms with E-state index in [2.05, 4.69) is 20.8 Å². The van der Waals surface area contributed by atoms with E-state index in [9.17, 15) is 14.4 Å². The summed E-state index contributed by atoms with van der Waals surface area (Å²) in [6.45, 7) is -0.302. The normalized spacial score (nSPS) is 13.0. The topological polar surface area (TPSA) is 110 Å². The third kappa shape index (κ3) is 3.06. The van der Waals surface area contributed by atoms with Crippen LogP contribution in [0.3, 0.4) is 0 Å². The fourth-order valence-corrected chi connectivity index (χ4v) is 2.85. The molecule has 27 heavy (non-hydrogen) atoms. The highest BCUT2D eigenvalue weighted by atomic mass is 16.2. The number of hydrogen-bond donors (Lipinski definition) is 1. The van der Waals surface area contributed by atoms with E-state index in [1.54, 1.807) is 24.3 Å². The first-order valence-electron chi connectivity index (χ1n) is 8.20. The zero-order valence-electron chi connectivity index (χ0n) is 14.1. The minimum absolute atomic E-state index is 0.0594. The lowest BCUT2D eigenvalue weighted by Gasteiger charge is -2.13. The molecule has 0 bridgehead atoms. The summed E-state index contributed by atoms with van der Waals surface area (Å²) in [7, 11) is 0. The van der Waals surface area contributed by atoms with Gasteiger partial charge >= 0.3 is 0 Å². The van der Waals surface area contributed by atoms with E-state index in [1.165, 1.54) is 4.68 Å². The zero-order chi connectivity index (χ0) is 18.8. The van der Waals surface area contributed by atoms with Crippen molar-refractivity contribution in [3.05, 3.63) is 71.5 Å². The molecule has 0 fully saturated rings. The summed E-state index contributed by atoms with van der Waals surface area (Å²) in [6.07, 6.45) is 0. The van der Waals surface area contributed by atoms with E-state index < -0.39 is 17.7 Å². The van der Waals surface area contributed by atoms with Gasteiger partial charge in [0.2, 0.25) is 5.91 Å². The van der Waals surface area contributed by atoms with Crippen molar-refractivity contribution in [3.8, 4) is 5.69 Å². The van der Waals surface area contributed by atoms with Gasteiger partial charge < -0.3 is 5.32 Å². The highest BCUT2D eigenvalue weighted by Gasteiger charge is 2.36. The molecule has 0 radical (unpaired) electrons. The van der Waals surface area contributed by atoms with Crippen molar-refractivity contribution in [3.63, 3.8) is 0 Å². The van der Waals surface area contributed by atoms with Crippen molar-refractivity contribution in [2.24, 2.45) is 0 Å². The number of amides is 3. The maximum atomic E-state index is 12.3. The quantitative estimate of drug-likeness (QED) is 0.665. The number of aromatic nitrogens is 4. The number of fused-ring (bicyclic) bond motifs is 1. The van der Waals surface area contributed by atoms with Crippen LogP contribution in [0.15, 0.2) is 54.6 Å². The molecule has 0 unspecified atom stereocenters. The molecule has 4 rings (SSSR count). The van der Waals surface area contributed by atoms with E-state index in [-0.39, 0.29) is 13.1 Å². The van der Waals surface area contributed by atoms with Gasteiger partial charge in [0.15, 0.2) is 5.82 Å². The Morgan fingerprint density at radius 1 is 0.926 bits per heavy atom. The third-order valence-corrected chi connectivity index (χ3v) is 4.16. The Kier molecular flexibility index (Phi) is 4.17. The monoisotopic (exact) mass is 362 g/mol. The number of tetrazole rings is 1. The van der Waals surface area contributed by atoms with Crippen molar-refractivity contribution in [2.75, 3.05) is 6.54 Å². The third-order valence-electron chi connectivity index (χ3n) is 4.16. The van der Waals surface area contributed by atoms with E-state index in [0.29, 0.717) is 17.0 Å². The average molecular weight is 362 g/mol. The van der Waals surface area contributed by atoms with E-state index in [1.807, 2.05) is 30.3 Å². The Hall–Kier alpha value is -3.88. The average Bonchev–Trinajstić information content (AvgIpc) is 3.26. The minimum atomic E-state index is -0.480. The first-order valence-corrected chi connectivity index (χ1v) is 8.20. The van der Waals surface area contributed by atoms with Crippen molar-refractivity contribution in [1.82, 2.24) is 30.4 Å². The molecule has 9 nitrogen and oxygen atoms in total. The Balaban J connectivity index is 1.41. The van der Waals surface area contributed by atoms with Crippen LogP contribution in [-0.2, 0) is 11.3 Å². The van der Waals surface area contributed by atoms with Gasteiger partial charge in [0.05, 0.1) is 23.4 Å². The highest BCUT2D eigenvalue weighted by molar-refractivity contribution is 6.22. The van der Waals surface area contributed by atoms with Crippen molar-refractivity contribution < 1.29 is 14.4 Å². The van der Waals surface area contributed by atoms with Gasteiger partial charge in [-0.25, -0.2) is 0 Å². The molecular formula is C18H14N6O3. The summed E-state index contributed by atoms with van der Waals surface area (Å²) in [4.78, 5) is 37.8. The van der Waals surface area contributed by atoms with Gasteiger partial charge in [-0.05, 0) is 34.7 Å². The van der Waals surface area contributed by atoms with E-state index in [4.69, 9.17) is 0 Å². The van der Waals surface area contributed by atoms with Crippen LogP contribution in [-0.4, -0.2) is 49.4 Å². The zero-order valence-corrected chi connectivity index (χ0v) is 14.1. The summed E-state index contributed by atoms with van der Waals surface area (Å²) >= 11 is 0. The van der Waals surface area contributed by atoms with Crippen LogP contribution >= 0.6 is 0 Å². The Labute approximate surface area is 153 Å². The SMILES string of the molecule is O=C(CN1C(=O)c2ccccc2C1=O)NCc1nnnn1-c1ccccc1. The lowest BCUT2D eigenvalue weighted by atomic mass is 10.1. The number of carbonyl (C=O) groups is 3. The maximum absolute atomic E-state index is 12.3. The largest absolute Gasteiger partial charge is 0.347 e. The second-order valence-corrected chi connectivity index (χ2v) is 5.86. The second kappa shape index (κ2) is 6.79. The molecule has 1 aromatic heterocycles. The highest BCUT2D eigenvalue weighted by Crippen LogP contribution is 2.21. The lowest BCUT2D eigenvalue weighted by molar-refractivity contribution is -0.121. The van der Waals surface area contributed by atoms with E-state index >= 15 is 0 Å². The van der Waals surface area contributed by atoms with Gasteiger partial charge in [0.25, 0.3) is 11.8 Å². The van der Waals surface area contributed by atoms with Crippen molar-refractivity contribution in [1.29, 1.82) is 0 Å². The number of hydrogen-bond acceptors (Lipinski definition) is 6. The molecule has 3 aromatic rings. The van der Waals surface area contributed by atoms with Crippen LogP contribution in [0.1, 0.15) is 26.5 Å². The van der Waals surface area contributed by atoms with Gasteiger partial charge in [0, 0.05) is 0 Å². The molecule has 3 amide bonds. The predicted molar refractivity (Wildman–Crippen MR) is 92.8 cm³/mol. The molecule has 0 aliphatic carbocycles. The first-order chi connectivity index (χ1) is 13.1. The van der Waals surface area contributed by atoms with Gasteiger partial charge in [0.1, 0.15) is 6.54 Å². The predicted octanol–water partition coefficient (Wildman–Crippen LogP) is 0.575. The number of nitrogens with zero attached hydrogens (tertiary/aromatic N) is 5. The minimum Gasteiger partial charge on any atom is -0.347 e. The Bertz CT molecular complexity index is 995. The molecule has 2 aromatic carbocycles. The van der Waals surface area contributed by atoms with Crippen molar-refractivity contribution >= 4 is 17.7 Å². The number of imide groups is 1. The van der Waals surface area contributed by atoms with Gasteiger partial charge in [-0.1, -0.05) is 30.3 Å². The summed E-state index contributed by atoms with van der Waals surface area (Å²) in [6, 6.07) is 15.7. The molecule has 134 valence electrons. The smallest absolute Gasteiger partial charge is 0.262 e. The summed E-state index contributed by atoms with van der Waals surface area (Å²) in [5.41, 5.74) is 1.37. The fraction of sp³-hybridized carbons (Fsp3) is 0.111. The van der Waals surface area contributed by atoms with Crippen molar-refractivity contribution in [2.45, 2.75) is 6.54 Å². The van der Waals surface area contributed by atoms with Crippen LogP contribution in [0, 0.1) is 0 Å². The molecule has 1 aliphatic rings. The van der Waals surface area contributed by atoms with Crippen LogP contribution in [0.2, 0.25) is 0 Å². The fourth-order valence-electron chi connectivity index (χ4n) is 2.85. The molecule has 1 N–H and O–H groups in total. The number of rotatable bonds is 5. The number of nitrogens with one attached hydrogen (secondary N) is 1. The first kappa shape index (κ1) is 16.6. The van der Waals surface area contributed by atoms with Gasteiger partial charge in [-0.15, -0.1) is 5.10 Å². The molecule has 0 saturated carbocycles. The van der Waals surface area contributed by atoms with Crippen LogP contribution < -0.4 is 5.32 Å². The lowest BCUT2D eigenvalue weighted by Crippen LogP contribution is -2.40. The number of benzene rings is 2. The second-order valence-electron chi connectivity index (χ2n) is 5.86. The molecule has 0 saturated heterocycles. The molecule has 1 aliphatic heterocycles. The Morgan fingerprint density at radius 2 is 1.56 bits per heavy atom. The van der Waals surface area contributed by atoms with E-state index in [0.717, 1.165) is 10.6 Å². The molecule has 0 spiro atoms. The maximum Gasteiger partial charge on any atom is 0.262 e. The number of para-hydroxylation sites is 1. The molecular weight excluding hydrogens is 348 g/mol. The van der Waals surface area contributed by atoms with Gasteiger partial charge in [-0.3, -0.25) is 19.3 Å². The van der Waals surface area contributed by atoms with Crippen LogP contribution in [0.25, 0.3) is 5.69 Å².